The lowest BCUT2D eigenvalue weighted by Gasteiger charge is -2.18. The van der Waals surface area contributed by atoms with Crippen molar-refractivity contribution in [3.05, 3.63) is 46.7 Å². The van der Waals surface area contributed by atoms with Crippen LogP contribution in [-0.2, 0) is 6.18 Å². The van der Waals surface area contributed by atoms with Crippen LogP contribution in [0.15, 0.2) is 36.1 Å². The lowest BCUT2D eigenvalue weighted by molar-refractivity contribution is -0.137. The first-order valence-electron chi connectivity index (χ1n) is 6.16. The minimum atomic E-state index is -4.46. The van der Waals surface area contributed by atoms with Gasteiger partial charge in [0.2, 0.25) is 5.88 Å². The minimum Gasteiger partial charge on any atom is -0.469 e. The Morgan fingerprint density at radius 3 is 2.70 bits per heavy atom. The highest BCUT2D eigenvalue weighted by atomic mass is 35.5. The summed E-state index contributed by atoms with van der Waals surface area (Å²) >= 11 is 5.78. The van der Waals surface area contributed by atoms with Gasteiger partial charge in [-0.05, 0) is 18.6 Å². The number of pyridine rings is 1. The van der Waals surface area contributed by atoms with E-state index in [1.165, 1.54) is 5.57 Å². The number of nitrogens with zero attached hydrogens (tertiary/aromatic N) is 1. The van der Waals surface area contributed by atoms with Gasteiger partial charge in [0.25, 0.3) is 0 Å². The molecule has 1 aromatic heterocycles. The number of ether oxygens (including phenoxy) is 1. The summed E-state index contributed by atoms with van der Waals surface area (Å²) in [5.74, 6) is 0.0164. The van der Waals surface area contributed by atoms with E-state index in [9.17, 15) is 13.2 Å². The summed E-state index contributed by atoms with van der Waals surface area (Å²) in [6.07, 6.45) is 3.41. The number of alkyl halides is 3. The second-order valence-corrected chi connectivity index (χ2v) is 4.80. The fraction of sp³-hybridized carbons (Fsp3) is 0.357. The number of aromatic nitrogens is 1. The molecule has 0 bridgehead atoms. The van der Waals surface area contributed by atoms with E-state index < -0.39 is 11.7 Å². The summed E-state index contributed by atoms with van der Waals surface area (Å²) in [5, 5.41) is -0.140. The molecular weight excluding hydrogens is 291 g/mol. The third kappa shape index (κ3) is 3.54. The molecule has 108 valence electrons. The van der Waals surface area contributed by atoms with Crippen LogP contribution in [-0.4, -0.2) is 11.1 Å². The molecule has 2 nitrogen and oxygen atoms in total. The van der Waals surface area contributed by atoms with E-state index in [0.717, 1.165) is 18.7 Å². The maximum Gasteiger partial charge on any atom is 0.417 e. The van der Waals surface area contributed by atoms with Crippen molar-refractivity contribution < 1.29 is 17.9 Å². The third-order valence-corrected chi connectivity index (χ3v) is 3.21. The molecule has 6 heteroatoms. The Hall–Kier alpha value is -1.49. The van der Waals surface area contributed by atoms with Crippen molar-refractivity contribution >= 4 is 11.6 Å². The lowest BCUT2D eigenvalue weighted by atomic mass is 10.0. The number of hydrogen-bond donors (Lipinski definition) is 0. The SMILES string of the molecule is CCC1=CCC(Oc2ncc(C(F)(F)F)cc2Cl)C=C1. The molecule has 0 fully saturated rings. The Kier molecular flexibility index (Phi) is 4.38. The predicted molar refractivity (Wildman–Crippen MR) is 70.8 cm³/mol. The van der Waals surface area contributed by atoms with Crippen LogP contribution in [0, 0.1) is 0 Å². The molecule has 1 atom stereocenters. The summed E-state index contributed by atoms with van der Waals surface area (Å²) in [6, 6.07) is 0.823. The van der Waals surface area contributed by atoms with Crippen molar-refractivity contribution in [2.45, 2.75) is 32.0 Å². The van der Waals surface area contributed by atoms with Gasteiger partial charge in [-0.25, -0.2) is 4.98 Å². The largest absolute Gasteiger partial charge is 0.469 e. The first-order chi connectivity index (χ1) is 9.40. The van der Waals surface area contributed by atoms with E-state index in [2.05, 4.69) is 4.98 Å². The molecule has 0 N–H and O–H groups in total. The van der Waals surface area contributed by atoms with Crippen LogP contribution in [0.3, 0.4) is 0 Å². The van der Waals surface area contributed by atoms with Gasteiger partial charge >= 0.3 is 6.18 Å². The molecule has 0 saturated heterocycles. The van der Waals surface area contributed by atoms with Crippen LogP contribution in [0.5, 0.6) is 5.88 Å². The molecule has 1 aromatic rings. The maximum absolute atomic E-state index is 12.5. The highest BCUT2D eigenvalue weighted by Gasteiger charge is 2.32. The summed E-state index contributed by atoms with van der Waals surface area (Å²) < 4.78 is 43.0. The smallest absolute Gasteiger partial charge is 0.417 e. The fourth-order valence-corrected chi connectivity index (χ4v) is 2.02. The normalized spacial score (nSPS) is 18.9. The average molecular weight is 304 g/mol. The topological polar surface area (TPSA) is 22.1 Å². The third-order valence-electron chi connectivity index (χ3n) is 2.94. The zero-order chi connectivity index (χ0) is 14.8. The van der Waals surface area contributed by atoms with E-state index in [1.807, 2.05) is 25.2 Å². The zero-order valence-electron chi connectivity index (χ0n) is 10.7. The quantitative estimate of drug-likeness (QED) is 0.800. The van der Waals surface area contributed by atoms with Gasteiger partial charge in [0.05, 0.1) is 5.56 Å². The molecule has 0 radical (unpaired) electrons. The molecule has 20 heavy (non-hydrogen) atoms. The molecule has 1 unspecified atom stereocenters. The van der Waals surface area contributed by atoms with Crippen LogP contribution in [0.4, 0.5) is 13.2 Å². The predicted octanol–water partition coefficient (Wildman–Crippen LogP) is 4.80. The zero-order valence-corrected chi connectivity index (χ0v) is 11.5. The van der Waals surface area contributed by atoms with Crippen LogP contribution >= 0.6 is 11.6 Å². The van der Waals surface area contributed by atoms with Gasteiger partial charge in [0, 0.05) is 12.6 Å². The summed E-state index contributed by atoms with van der Waals surface area (Å²) in [7, 11) is 0. The van der Waals surface area contributed by atoms with E-state index >= 15 is 0 Å². The van der Waals surface area contributed by atoms with E-state index in [1.54, 1.807) is 0 Å². The van der Waals surface area contributed by atoms with Crippen molar-refractivity contribution in [1.29, 1.82) is 0 Å². The Labute approximate surface area is 119 Å². The number of rotatable bonds is 3. The molecule has 2 rings (SSSR count). The summed E-state index contributed by atoms with van der Waals surface area (Å²) in [4.78, 5) is 3.65. The Morgan fingerprint density at radius 2 is 2.20 bits per heavy atom. The number of halogens is 4. The first kappa shape index (κ1) is 14.9. The van der Waals surface area contributed by atoms with Gasteiger partial charge in [-0.15, -0.1) is 0 Å². The van der Waals surface area contributed by atoms with E-state index in [-0.39, 0.29) is 17.0 Å². The average Bonchev–Trinajstić information content (AvgIpc) is 2.41. The Morgan fingerprint density at radius 1 is 1.45 bits per heavy atom. The molecular formula is C14H13ClF3NO. The second kappa shape index (κ2) is 5.87. The van der Waals surface area contributed by atoms with Gasteiger partial charge in [-0.1, -0.05) is 36.2 Å². The van der Waals surface area contributed by atoms with Gasteiger partial charge in [0.15, 0.2) is 0 Å². The minimum absolute atomic E-state index is 0.0164. The molecule has 1 aliphatic carbocycles. The standard InChI is InChI=1S/C14H13ClF3NO/c1-2-9-3-5-11(6-4-9)20-13-12(15)7-10(8-19-13)14(16,17)18/h3-5,7-8,11H,2,6H2,1H3. The highest BCUT2D eigenvalue weighted by Crippen LogP contribution is 2.33. The van der Waals surface area contributed by atoms with E-state index in [4.69, 9.17) is 16.3 Å². The molecule has 0 amide bonds. The van der Waals surface area contributed by atoms with Crippen LogP contribution in [0.2, 0.25) is 5.02 Å². The fourth-order valence-electron chi connectivity index (χ4n) is 1.81. The Balaban J connectivity index is 2.08. The lowest BCUT2D eigenvalue weighted by Crippen LogP contribution is -2.16. The monoisotopic (exact) mass is 303 g/mol. The summed E-state index contributed by atoms with van der Waals surface area (Å²) in [5.41, 5.74) is 0.318. The van der Waals surface area contributed by atoms with Crippen LogP contribution in [0.25, 0.3) is 0 Å². The highest BCUT2D eigenvalue weighted by molar-refractivity contribution is 6.31. The van der Waals surface area contributed by atoms with Gasteiger partial charge in [0.1, 0.15) is 11.1 Å². The molecule has 0 saturated carbocycles. The molecule has 0 aromatic carbocycles. The van der Waals surface area contributed by atoms with Crippen molar-refractivity contribution in [1.82, 2.24) is 4.98 Å². The number of allylic oxidation sites excluding steroid dienone is 2. The van der Waals surface area contributed by atoms with Gasteiger partial charge in [-0.3, -0.25) is 0 Å². The number of hydrogen-bond acceptors (Lipinski definition) is 2. The molecule has 1 heterocycles. The maximum atomic E-state index is 12.5. The molecule has 1 aliphatic rings. The summed E-state index contributed by atoms with van der Waals surface area (Å²) in [6.45, 7) is 2.05. The first-order valence-corrected chi connectivity index (χ1v) is 6.54. The van der Waals surface area contributed by atoms with Crippen molar-refractivity contribution in [2.75, 3.05) is 0 Å². The second-order valence-electron chi connectivity index (χ2n) is 4.39. The van der Waals surface area contributed by atoms with Crippen LogP contribution < -0.4 is 4.74 Å². The van der Waals surface area contributed by atoms with Crippen molar-refractivity contribution in [2.24, 2.45) is 0 Å². The van der Waals surface area contributed by atoms with E-state index in [0.29, 0.717) is 6.42 Å². The molecule has 0 spiro atoms. The Bertz CT molecular complexity index is 552. The van der Waals surface area contributed by atoms with Crippen LogP contribution in [0.1, 0.15) is 25.3 Å². The van der Waals surface area contributed by atoms with Crippen molar-refractivity contribution in [3.8, 4) is 5.88 Å². The van der Waals surface area contributed by atoms with Gasteiger partial charge in [-0.2, -0.15) is 13.2 Å². The van der Waals surface area contributed by atoms with Gasteiger partial charge < -0.3 is 4.74 Å². The molecule has 0 aliphatic heterocycles. The van der Waals surface area contributed by atoms with Crippen molar-refractivity contribution in [3.63, 3.8) is 0 Å².